The lowest BCUT2D eigenvalue weighted by Crippen LogP contribution is -2.25. The van der Waals surface area contributed by atoms with E-state index in [0.29, 0.717) is 29.9 Å². The van der Waals surface area contributed by atoms with Crippen molar-refractivity contribution in [1.82, 2.24) is 25.2 Å². The third-order valence-electron chi connectivity index (χ3n) is 3.97. The highest BCUT2D eigenvalue weighted by atomic mass is 16.5. The standard InChI is InChI=1S/C19H23N5O2/c1-12(2)9-16-10-17(24(4)22-16)19(25)20-11-14-5-7-15(8-6-14)18-21-13(3)26-23-18/h5-8,10,12H,9,11H2,1-4H3,(H,20,25). The summed E-state index contributed by atoms with van der Waals surface area (Å²) in [6, 6.07) is 9.56. The molecule has 0 atom stereocenters. The lowest BCUT2D eigenvalue weighted by atomic mass is 10.1. The molecule has 0 aliphatic rings. The maximum atomic E-state index is 12.4. The van der Waals surface area contributed by atoms with Crippen molar-refractivity contribution >= 4 is 5.91 Å². The number of aromatic nitrogens is 4. The fraction of sp³-hybridized carbons (Fsp3) is 0.368. The van der Waals surface area contributed by atoms with Gasteiger partial charge in [0.2, 0.25) is 11.7 Å². The van der Waals surface area contributed by atoms with Gasteiger partial charge in [0.05, 0.1) is 5.69 Å². The summed E-state index contributed by atoms with van der Waals surface area (Å²) in [5.41, 5.74) is 3.38. The van der Waals surface area contributed by atoms with Gasteiger partial charge in [-0.05, 0) is 24.0 Å². The summed E-state index contributed by atoms with van der Waals surface area (Å²) in [4.78, 5) is 16.6. The number of carbonyl (C=O) groups is 1. The predicted molar refractivity (Wildman–Crippen MR) is 97.4 cm³/mol. The number of carbonyl (C=O) groups excluding carboxylic acids is 1. The van der Waals surface area contributed by atoms with Gasteiger partial charge in [-0.2, -0.15) is 10.1 Å². The molecule has 7 nitrogen and oxygen atoms in total. The number of amides is 1. The lowest BCUT2D eigenvalue weighted by molar-refractivity contribution is 0.0941. The van der Waals surface area contributed by atoms with Gasteiger partial charge in [0.15, 0.2) is 0 Å². The van der Waals surface area contributed by atoms with E-state index < -0.39 is 0 Å². The van der Waals surface area contributed by atoms with Gasteiger partial charge in [-0.15, -0.1) is 0 Å². The van der Waals surface area contributed by atoms with Gasteiger partial charge < -0.3 is 9.84 Å². The minimum atomic E-state index is -0.132. The van der Waals surface area contributed by atoms with Crippen LogP contribution < -0.4 is 5.32 Å². The van der Waals surface area contributed by atoms with E-state index in [1.54, 1.807) is 18.7 Å². The van der Waals surface area contributed by atoms with Gasteiger partial charge in [-0.25, -0.2) is 0 Å². The average Bonchev–Trinajstić information content (AvgIpc) is 3.18. The highest BCUT2D eigenvalue weighted by Gasteiger charge is 2.14. The molecule has 0 radical (unpaired) electrons. The molecule has 0 bridgehead atoms. The maximum absolute atomic E-state index is 12.4. The van der Waals surface area contributed by atoms with Crippen LogP contribution in [0.3, 0.4) is 0 Å². The van der Waals surface area contributed by atoms with Crippen LogP contribution in [0, 0.1) is 12.8 Å². The molecule has 136 valence electrons. The molecular formula is C19H23N5O2. The Balaban J connectivity index is 1.62. The highest BCUT2D eigenvalue weighted by Crippen LogP contribution is 2.16. The first kappa shape index (κ1) is 17.8. The van der Waals surface area contributed by atoms with Gasteiger partial charge >= 0.3 is 0 Å². The first-order valence-electron chi connectivity index (χ1n) is 8.63. The van der Waals surface area contributed by atoms with Crippen molar-refractivity contribution in [3.8, 4) is 11.4 Å². The van der Waals surface area contributed by atoms with E-state index in [1.807, 2.05) is 30.3 Å². The monoisotopic (exact) mass is 353 g/mol. The van der Waals surface area contributed by atoms with Gasteiger partial charge in [0.25, 0.3) is 5.91 Å². The van der Waals surface area contributed by atoms with Crippen LogP contribution in [-0.2, 0) is 20.0 Å². The summed E-state index contributed by atoms with van der Waals surface area (Å²) in [5, 5.41) is 11.2. The van der Waals surface area contributed by atoms with Crippen molar-refractivity contribution in [3.63, 3.8) is 0 Å². The number of nitrogens with zero attached hydrogens (tertiary/aromatic N) is 4. The topological polar surface area (TPSA) is 85.8 Å². The van der Waals surface area contributed by atoms with Crippen LogP contribution in [0.1, 0.15) is 41.5 Å². The van der Waals surface area contributed by atoms with Crippen LogP contribution in [0.5, 0.6) is 0 Å². The summed E-state index contributed by atoms with van der Waals surface area (Å²) < 4.78 is 6.62. The van der Waals surface area contributed by atoms with Crippen molar-refractivity contribution in [2.75, 3.05) is 0 Å². The summed E-state index contributed by atoms with van der Waals surface area (Å²) >= 11 is 0. The van der Waals surface area contributed by atoms with Crippen molar-refractivity contribution in [2.45, 2.75) is 33.7 Å². The van der Waals surface area contributed by atoms with Gasteiger partial charge in [0.1, 0.15) is 5.69 Å². The third kappa shape index (κ3) is 4.17. The maximum Gasteiger partial charge on any atom is 0.269 e. The molecule has 26 heavy (non-hydrogen) atoms. The minimum absolute atomic E-state index is 0.132. The highest BCUT2D eigenvalue weighted by molar-refractivity contribution is 5.92. The predicted octanol–water partition coefficient (Wildman–Crippen LogP) is 2.91. The third-order valence-corrected chi connectivity index (χ3v) is 3.97. The quantitative estimate of drug-likeness (QED) is 0.736. The average molecular weight is 353 g/mol. The number of benzene rings is 1. The van der Waals surface area contributed by atoms with E-state index >= 15 is 0 Å². The molecule has 0 aliphatic heterocycles. The number of aryl methyl sites for hydroxylation is 2. The summed E-state index contributed by atoms with van der Waals surface area (Å²) in [5.74, 6) is 1.46. The summed E-state index contributed by atoms with van der Waals surface area (Å²) in [6.45, 7) is 6.46. The van der Waals surface area contributed by atoms with E-state index in [0.717, 1.165) is 23.2 Å². The molecule has 2 aromatic heterocycles. The molecule has 0 fully saturated rings. The van der Waals surface area contributed by atoms with Crippen molar-refractivity contribution in [2.24, 2.45) is 13.0 Å². The molecular weight excluding hydrogens is 330 g/mol. The molecule has 0 aliphatic carbocycles. The van der Waals surface area contributed by atoms with Crippen LogP contribution in [0.2, 0.25) is 0 Å². The van der Waals surface area contributed by atoms with Crippen LogP contribution >= 0.6 is 0 Å². The minimum Gasteiger partial charge on any atom is -0.347 e. The first-order chi connectivity index (χ1) is 12.4. The van der Waals surface area contributed by atoms with Crippen molar-refractivity contribution < 1.29 is 9.32 Å². The van der Waals surface area contributed by atoms with Crippen molar-refractivity contribution in [1.29, 1.82) is 0 Å². The Morgan fingerprint density at radius 1 is 1.27 bits per heavy atom. The molecule has 0 unspecified atom stereocenters. The Hall–Kier alpha value is -2.96. The molecule has 1 amide bonds. The Morgan fingerprint density at radius 2 is 2.00 bits per heavy atom. The fourth-order valence-corrected chi connectivity index (χ4v) is 2.72. The van der Waals surface area contributed by atoms with Crippen molar-refractivity contribution in [3.05, 3.63) is 53.2 Å². The zero-order valence-electron chi connectivity index (χ0n) is 15.5. The van der Waals surface area contributed by atoms with Gasteiger partial charge in [0, 0.05) is 26.1 Å². The second-order valence-electron chi connectivity index (χ2n) is 6.76. The molecule has 3 aromatic rings. The Morgan fingerprint density at radius 3 is 2.62 bits per heavy atom. The number of nitrogens with one attached hydrogen (secondary N) is 1. The van der Waals surface area contributed by atoms with E-state index in [9.17, 15) is 4.79 Å². The molecule has 2 heterocycles. The molecule has 0 saturated heterocycles. The zero-order chi connectivity index (χ0) is 18.7. The smallest absolute Gasteiger partial charge is 0.269 e. The zero-order valence-corrected chi connectivity index (χ0v) is 15.5. The lowest BCUT2D eigenvalue weighted by Gasteiger charge is -2.06. The summed E-state index contributed by atoms with van der Waals surface area (Å²) in [6.07, 6.45) is 0.859. The Bertz CT molecular complexity index is 893. The van der Waals surface area contributed by atoms with E-state index in [1.165, 1.54) is 0 Å². The number of rotatable bonds is 6. The number of hydrogen-bond donors (Lipinski definition) is 1. The summed E-state index contributed by atoms with van der Waals surface area (Å²) in [7, 11) is 1.79. The normalized spacial score (nSPS) is 11.1. The van der Waals surface area contributed by atoms with E-state index in [-0.39, 0.29) is 5.91 Å². The number of hydrogen-bond acceptors (Lipinski definition) is 5. The molecule has 0 saturated carbocycles. The van der Waals surface area contributed by atoms with Gasteiger partial charge in [-0.1, -0.05) is 43.3 Å². The van der Waals surface area contributed by atoms with E-state index in [4.69, 9.17) is 4.52 Å². The molecule has 1 N–H and O–H groups in total. The Kier molecular flexibility index (Phi) is 5.16. The van der Waals surface area contributed by atoms with Crippen LogP contribution in [0.15, 0.2) is 34.9 Å². The van der Waals surface area contributed by atoms with Gasteiger partial charge in [-0.3, -0.25) is 9.48 Å². The van der Waals surface area contributed by atoms with E-state index in [2.05, 4.69) is 34.4 Å². The second-order valence-corrected chi connectivity index (χ2v) is 6.76. The molecule has 1 aromatic carbocycles. The fourth-order valence-electron chi connectivity index (χ4n) is 2.72. The Labute approximate surface area is 152 Å². The molecule has 3 rings (SSSR count). The largest absolute Gasteiger partial charge is 0.347 e. The van der Waals surface area contributed by atoms with Crippen LogP contribution in [-0.4, -0.2) is 25.8 Å². The SMILES string of the molecule is Cc1nc(-c2ccc(CNC(=O)c3cc(CC(C)C)nn3C)cc2)no1. The second kappa shape index (κ2) is 7.51. The molecule has 7 heteroatoms. The van der Waals surface area contributed by atoms with Crippen LogP contribution in [0.25, 0.3) is 11.4 Å². The van der Waals surface area contributed by atoms with Crippen LogP contribution in [0.4, 0.5) is 0 Å². The first-order valence-corrected chi connectivity index (χ1v) is 8.63. The molecule has 0 spiro atoms.